The maximum absolute atomic E-state index is 13.3. The number of fused-ring (bicyclic) bond motifs is 3. The van der Waals surface area contributed by atoms with Crippen molar-refractivity contribution >= 4 is 28.9 Å². The molecule has 2 aromatic heterocycles. The highest BCUT2D eigenvalue weighted by atomic mass is 32.1. The molecule has 0 radical (unpaired) electrons. The van der Waals surface area contributed by atoms with Gasteiger partial charge in [-0.25, -0.2) is 9.25 Å². The van der Waals surface area contributed by atoms with E-state index >= 15 is 0 Å². The van der Waals surface area contributed by atoms with Crippen molar-refractivity contribution in [2.24, 2.45) is 0 Å². The Hall–Kier alpha value is -2.77. The lowest BCUT2D eigenvalue weighted by Gasteiger charge is -2.13. The molecule has 2 aromatic carbocycles. The van der Waals surface area contributed by atoms with Gasteiger partial charge in [-0.2, -0.15) is 0 Å². The van der Waals surface area contributed by atoms with Gasteiger partial charge in [0.05, 0.1) is 23.3 Å². The highest BCUT2D eigenvalue weighted by Gasteiger charge is 2.19. The molecule has 0 amide bonds. The van der Waals surface area contributed by atoms with E-state index in [2.05, 4.69) is 4.90 Å². The van der Waals surface area contributed by atoms with Crippen LogP contribution in [0, 0.1) is 11.7 Å². The Morgan fingerprint density at radius 3 is 2.50 bits per heavy atom. The van der Waals surface area contributed by atoms with Crippen LogP contribution in [-0.2, 0) is 6.67 Å². The third-order valence-electron chi connectivity index (χ3n) is 5.43. The highest BCUT2D eigenvalue weighted by molar-refractivity contribution is 7.71. The summed E-state index contributed by atoms with van der Waals surface area (Å²) in [6.45, 7) is 4.79. The Labute approximate surface area is 167 Å². The molecule has 0 spiro atoms. The highest BCUT2D eigenvalue weighted by Crippen LogP contribution is 2.18. The van der Waals surface area contributed by atoms with Crippen molar-refractivity contribution in [2.45, 2.75) is 26.4 Å². The number of aromatic nitrogens is 4. The van der Waals surface area contributed by atoms with Gasteiger partial charge in [0, 0.05) is 0 Å². The van der Waals surface area contributed by atoms with Gasteiger partial charge in [0.2, 0.25) is 10.5 Å². The molecule has 0 atom stereocenters. The molecule has 7 heteroatoms. The summed E-state index contributed by atoms with van der Waals surface area (Å²) in [6, 6.07) is 15.5. The van der Waals surface area contributed by atoms with Crippen LogP contribution in [-0.4, -0.2) is 36.7 Å². The summed E-state index contributed by atoms with van der Waals surface area (Å²) < 4.78 is 6.03. The monoisotopic (exact) mass is 391 g/mol. The lowest BCUT2D eigenvalue weighted by Crippen LogP contribution is -2.24. The van der Waals surface area contributed by atoms with Gasteiger partial charge in [-0.15, -0.1) is 5.10 Å². The van der Waals surface area contributed by atoms with Gasteiger partial charge in [0.15, 0.2) is 0 Å². The molecule has 0 bridgehead atoms. The van der Waals surface area contributed by atoms with Gasteiger partial charge in [0.25, 0.3) is 5.56 Å². The van der Waals surface area contributed by atoms with Crippen molar-refractivity contribution in [3.8, 4) is 5.69 Å². The van der Waals surface area contributed by atoms with Crippen LogP contribution in [0.15, 0.2) is 53.3 Å². The van der Waals surface area contributed by atoms with Crippen LogP contribution in [0.4, 0.5) is 0 Å². The SMILES string of the molecule is Cc1ccc(-n2c(=O)c3ccccc3n3c(=S)n(CN4CCCC4)nc23)cc1. The van der Waals surface area contributed by atoms with Crippen molar-refractivity contribution in [1.29, 1.82) is 0 Å². The van der Waals surface area contributed by atoms with Gasteiger partial charge in [-0.1, -0.05) is 29.8 Å². The molecular weight excluding hydrogens is 370 g/mol. The second kappa shape index (κ2) is 6.68. The van der Waals surface area contributed by atoms with Crippen molar-refractivity contribution in [1.82, 2.24) is 23.6 Å². The summed E-state index contributed by atoms with van der Waals surface area (Å²) in [5.74, 6) is 0.553. The van der Waals surface area contributed by atoms with E-state index in [1.54, 1.807) is 4.57 Å². The van der Waals surface area contributed by atoms with Crippen LogP contribution < -0.4 is 5.56 Å². The standard InChI is InChI=1S/C21H21N5OS/c1-15-8-10-16(11-9-15)25-19(27)17-6-2-3-7-18(17)26-20(25)22-24(21(26)28)14-23-12-4-5-13-23/h2-3,6-11H,4-5,12-14H2,1H3. The van der Waals surface area contributed by atoms with Crippen LogP contribution in [0.5, 0.6) is 0 Å². The van der Waals surface area contributed by atoms with E-state index in [0.717, 1.165) is 29.9 Å². The number of benzene rings is 2. The number of para-hydroxylation sites is 1. The molecule has 5 rings (SSSR count). The van der Waals surface area contributed by atoms with Gasteiger partial charge < -0.3 is 0 Å². The second-order valence-electron chi connectivity index (χ2n) is 7.38. The lowest BCUT2D eigenvalue weighted by molar-refractivity contribution is 0.254. The molecule has 1 saturated heterocycles. The molecule has 6 nitrogen and oxygen atoms in total. The fourth-order valence-electron chi connectivity index (χ4n) is 3.94. The Balaban J connectivity index is 1.84. The molecule has 0 aliphatic carbocycles. The number of hydrogen-bond donors (Lipinski definition) is 0. The minimum atomic E-state index is -0.0831. The van der Waals surface area contributed by atoms with E-state index < -0.39 is 0 Å². The molecule has 0 N–H and O–H groups in total. The van der Waals surface area contributed by atoms with Gasteiger partial charge in [-0.05, 0) is 69.3 Å². The zero-order chi connectivity index (χ0) is 19.3. The summed E-state index contributed by atoms with van der Waals surface area (Å²) in [5, 5.41) is 5.41. The molecular formula is C21H21N5OS. The molecule has 3 heterocycles. The van der Waals surface area contributed by atoms with Crippen LogP contribution >= 0.6 is 12.2 Å². The number of likely N-dealkylation sites (tertiary alicyclic amines) is 1. The zero-order valence-electron chi connectivity index (χ0n) is 15.7. The summed E-state index contributed by atoms with van der Waals surface area (Å²) >= 11 is 5.78. The van der Waals surface area contributed by atoms with Crippen LogP contribution in [0.3, 0.4) is 0 Å². The van der Waals surface area contributed by atoms with Gasteiger partial charge in [-0.3, -0.25) is 14.1 Å². The van der Waals surface area contributed by atoms with E-state index in [4.69, 9.17) is 17.3 Å². The van der Waals surface area contributed by atoms with Crippen LogP contribution in [0.2, 0.25) is 0 Å². The maximum Gasteiger partial charge on any atom is 0.267 e. The summed E-state index contributed by atoms with van der Waals surface area (Å²) in [5.41, 5.74) is 2.65. The fraction of sp³-hybridized carbons (Fsp3) is 0.286. The minimum absolute atomic E-state index is 0.0831. The molecule has 0 unspecified atom stereocenters. The quantitative estimate of drug-likeness (QED) is 0.501. The lowest BCUT2D eigenvalue weighted by atomic mass is 10.2. The Bertz CT molecular complexity index is 1290. The third kappa shape index (κ3) is 2.70. The topological polar surface area (TPSA) is 47.5 Å². The van der Waals surface area contributed by atoms with Gasteiger partial charge >= 0.3 is 0 Å². The van der Waals surface area contributed by atoms with Gasteiger partial charge in [0.1, 0.15) is 0 Å². The first-order valence-corrected chi connectivity index (χ1v) is 9.97. The third-order valence-corrected chi connectivity index (χ3v) is 5.82. The van der Waals surface area contributed by atoms with E-state index in [-0.39, 0.29) is 5.56 Å². The fourth-order valence-corrected chi connectivity index (χ4v) is 4.22. The smallest absolute Gasteiger partial charge is 0.267 e. The zero-order valence-corrected chi connectivity index (χ0v) is 16.5. The second-order valence-corrected chi connectivity index (χ2v) is 7.74. The Morgan fingerprint density at radius 1 is 1.04 bits per heavy atom. The van der Waals surface area contributed by atoms with Crippen LogP contribution in [0.25, 0.3) is 22.4 Å². The first kappa shape index (κ1) is 17.3. The predicted molar refractivity (Wildman–Crippen MR) is 113 cm³/mol. The van der Waals surface area contributed by atoms with E-state index in [1.807, 2.05) is 64.5 Å². The molecule has 1 aliphatic heterocycles. The van der Waals surface area contributed by atoms with E-state index in [1.165, 1.54) is 12.8 Å². The molecule has 0 saturated carbocycles. The minimum Gasteiger partial charge on any atom is -0.284 e. The van der Waals surface area contributed by atoms with Crippen molar-refractivity contribution in [2.75, 3.05) is 13.1 Å². The predicted octanol–water partition coefficient (Wildman–Crippen LogP) is 3.53. The first-order chi connectivity index (χ1) is 13.6. The maximum atomic E-state index is 13.3. The molecule has 4 aromatic rings. The number of aryl methyl sites for hydroxylation is 1. The number of hydrogen-bond acceptors (Lipinski definition) is 4. The Kier molecular flexibility index (Phi) is 4.14. The molecule has 1 aliphatic rings. The summed E-state index contributed by atoms with van der Waals surface area (Å²) in [7, 11) is 0. The summed E-state index contributed by atoms with van der Waals surface area (Å²) in [6.07, 6.45) is 2.41. The van der Waals surface area contributed by atoms with E-state index in [9.17, 15) is 4.79 Å². The van der Waals surface area contributed by atoms with Crippen molar-refractivity contribution in [3.05, 3.63) is 69.2 Å². The summed E-state index contributed by atoms with van der Waals surface area (Å²) in [4.78, 5) is 15.7. The first-order valence-electron chi connectivity index (χ1n) is 9.56. The average Bonchev–Trinajstić information content (AvgIpc) is 3.32. The van der Waals surface area contributed by atoms with E-state index in [0.29, 0.717) is 22.6 Å². The molecule has 28 heavy (non-hydrogen) atoms. The number of rotatable bonds is 3. The Morgan fingerprint density at radius 2 is 1.75 bits per heavy atom. The largest absolute Gasteiger partial charge is 0.284 e. The van der Waals surface area contributed by atoms with Crippen molar-refractivity contribution in [3.63, 3.8) is 0 Å². The van der Waals surface area contributed by atoms with Crippen molar-refractivity contribution < 1.29 is 0 Å². The normalized spacial score (nSPS) is 15.0. The van der Waals surface area contributed by atoms with Crippen LogP contribution in [0.1, 0.15) is 18.4 Å². The average molecular weight is 392 g/mol. The molecule has 1 fully saturated rings. The number of nitrogens with zero attached hydrogens (tertiary/aromatic N) is 5. The molecule has 142 valence electrons.